The summed E-state index contributed by atoms with van der Waals surface area (Å²) < 4.78 is 28.8. The van der Waals surface area contributed by atoms with Gasteiger partial charge in [0.2, 0.25) is 15.9 Å². The maximum Gasteiger partial charge on any atom is 0.243 e. The molecule has 0 aliphatic carbocycles. The number of H-pyrrole nitrogens is 1. The molecule has 2 aliphatic heterocycles. The van der Waals surface area contributed by atoms with Gasteiger partial charge in [0.05, 0.1) is 22.0 Å². The second-order valence-corrected chi connectivity index (χ2v) is 12.0. The summed E-state index contributed by atoms with van der Waals surface area (Å²) >= 11 is 0. The maximum absolute atomic E-state index is 13.6. The number of para-hydroxylation sites is 2. The van der Waals surface area contributed by atoms with Crippen molar-refractivity contribution < 1.29 is 13.2 Å². The zero-order valence-corrected chi connectivity index (χ0v) is 21.8. The van der Waals surface area contributed by atoms with Crippen molar-refractivity contribution in [1.82, 2.24) is 19.2 Å². The highest BCUT2D eigenvalue weighted by Crippen LogP contribution is 2.36. The van der Waals surface area contributed by atoms with Gasteiger partial charge in [-0.1, -0.05) is 18.2 Å². The summed E-state index contributed by atoms with van der Waals surface area (Å²) in [6, 6.07) is 9.92. The fourth-order valence-electron chi connectivity index (χ4n) is 5.72. The molecule has 5 rings (SSSR count). The van der Waals surface area contributed by atoms with Gasteiger partial charge in [-0.2, -0.15) is 4.31 Å². The Labute approximate surface area is 207 Å². The SMILES string of the molecule is Cc1cc(C)c(C)c(S(=O)(=O)N2CCC(C(=O)N3CCCC3c3nc4ccccc4[nH]3)CC2)c1C. The third-order valence-corrected chi connectivity index (χ3v) is 10.1. The van der Waals surface area contributed by atoms with Crippen molar-refractivity contribution in [3.8, 4) is 0 Å². The number of imidazole rings is 1. The van der Waals surface area contributed by atoms with E-state index >= 15 is 0 Å². The van der Waals surface area contributed by atoms with Crippen molar-refractivity contribution in [2.75, 3.05) is 19.6 Å². The molecule has 1 atom stereocenters. The lowest BCUT2D eigenvalue weighted by atomic mass is 9.96. The van der Waals surface area contributed by atoms with Gasteiger partial charge in [0.1, 0.15) is 5.82 Å². The van der Waals surface area contributed by atoms with E-state index in [4.69, 9.17) is 4.98 Å². The second kappa shape index (κ2) is 9.06. The lowest BCUT2D eigenvalue weighted by Crippen LogP contribution is -2.44. The number of sulfonamides is 1. The summed E-state index contributed by atoms with van der Waals surface area (Å²) in [5.41, 5.74) is 5.51. The van der Waals surface area contributed by atoms with Gasteiger partial charge in [-0.3, -0.25) is 4.79 Å². The molecule has 1 N–H and O–H groups in total. The maximum atomic E-state index is 13.6. The average Bonchev–Trinajstić information content (AvgIpc) is 3.49. The van der Waals surface area contributed by atoms with Gasteiger partial charge in [0.25, 0.3) is 0 Å². The highest BCUT2D eigenvalue weighted by Gasteiger charge is 2.39. The van der Waals surface area contributed by atoms with Gasteiger partial charge in [-0.25, -0.2) is 13.4 Å². The number of amides is 1. The predicted molar refractivity (Wildman–Crippen MR) is 137 cm³/mol. The quantitative estimate of drug-likeness (QED) is 0.576. The first-order valence-electron chi connectivity index (χ1n) is 12.5. The number of carbonyl (C=O) groups is 1. The molecule has 35 heavy (non-hydrogen) atoms. The van der Waals surface area contributed by atoms with Gasteiger partial charge in [0, 0.05) is 25.6 Å². The zero-order chi connectivity index (χ0) is 24.9. The van der Waals surface area contributed by atoms with Gasteiger partial charge in [0.15, 0.2) is 0 Å². The fraction of sp³-hybridized carbons (Fsp3) is 0.481. The van der Waals surface area contributed by atoms with Crippen LogP contribution in [0.4, 0.5) is 0 Å². The number of fused-ring (bicyclic) bond motifs is 1. The lowest BCUT2D eigenvalue weighted by molar-refractivity contribution is -0.137. The molecule has 1 amide bonds. The number of nitrogens with zero attached hydrogens (tertiary/aromatic N) is 3. The molecule has 7 nitrogen and oxygen atoms in total. The minimum absolute atomic E-state index is 0.0442. The number of carbonyl (C=O) groups excluding carboxylic acids is 1. The van der Waals surface area contributed by atoms with Crippen LogP contribution in [0.15, 0.2) is 35.2 Å². The molecule has 2 aromatic carbocycles. The number of aromatic nitrogens is 2. The largest absolute Gasteiger partial charge is 0.340 e. The number of rotatable bonds is 4. The molecule has 2 saturated heterocycles. The van der Waals surface area contributed by atoms with E-state index in [1.54, 1.807) is 4.31 Å². The van der Waals surface area contributed by atoms with E-state index in [-0.39, 0.29) is 17.9 Å². The highest BCUT2D eigenvalue weighted by atomic mass is 32.2. The van der Waals surface area contributed by atoms with Crippen LogP contribution in [0.5, 0.6) is 0 Å². The molecule has 0 spiro atoms. The summed E-state index contributed by atoms with van der Waals surface area (Å²) in [6.45, 7) is 9.15. The topological polar surface area (TPSA) is 86.4 Å². The number of benzene rings is 2. The van der Waals surface area contributed by atoms with Crippen molar-refractivity contribution in [3.05, 3.63) is 58.4 Å². The Hall–Kier alpha value is -2.71. The molecule has 8 heteroatoms. The van der Waals surface area contributed by atoms with E-state index < -0.39 is 10.0 Å². The number of likely N-dealkylation sites (tertiary alicyclic amines) is 1. The summed E-state index contributed by atoms with van der Waals surface area (Å²) in [5.74, 6) is 0.814. The minimum atomic E-state index is -3.61. The Morgan fingerprint density at radius 2 is 1.63 bits per heavy atom. The molecular weight excluding hydrogens is 460 g/mol. The Bertz CT molecular complexity index is 1330. The summed E-state index contributed by atoms with van der Waals surface area (Å²) in [4.78, 5) is 24.1. The van der Waals surface area contributed by atoms with E-state index in [1.807, 2.05) is 62.9 Å². The first kappa shape index (κ1) is 24.0. The van der Waals surface area contributed by atoms with E-state index in [0.717, 1.165) is 58.5 Å². The average molecular weight is 495 g/mol. The van der Waals surface area contributed by atoms with Crippen LogP contribution in [0, 0.1) is 33.6 Å². The molecule has 1 unspecified atom stereocenters. The molecule has 186 valence electrons. The van der Waals surface area contributed by atoms with Gasteiger partial charge in [-0.05, 0) is 87.8 Å². The molecule has 0 saturated carbocycles. The van der Waals surface area contributed by atoms with Crippen LogP contribution in [0.25, 0.3) is 11.0 Å². The number of hydrogen-bond acceptors (Lipinski definition) is 4. The minimum Gasteiger partial charge on any atom is -0.340 e. The lowest BCUT2D eigenvalue weighted by Gasteiger charge is -2.34. The molecule has 2 fully saturated rings. The van der Waals surface area contributed by atoms with E-state index in [0.29, 0.717) is 30.8 Å². The molecule has 0 radical (unpaired) electrons. The van der Waals surface area contributed by atoms with Crippen molar-refractivity contribution in [3.63, 3.8) is 0 Å². The molecule has 3 heterocycles. The van der Waals surface area contributed by atoms with Gasteiger partial charge >= 0.3 is 0 Å². The Balaban J connectivity index is 1.31. The molecule has 0 bridgehead atoms. The fourth-order valence-corrected chi connectivity index (χ4v) is 7.77. The summed E-state index contributed by atoms with van der Waals surface area (Å²) in [5, 5.41) is 0. The molecule has 2 aliphatic rings. The van der Waals surface area contributed by atoms with Crippen LogP contribution in [-0.4, -0.2) is 53.1 Å². The molecule has 3 aromatic rings. The van der Waals surface area contributed by atoms with Crippen LogP contribution >= 0.6 is 0 Å². The van der Waals surface area contributed by atoms with Crippen molar-refractivity contribution >= 4 is 27.0 Å². The predicted octanol–water partition coefficient (Wildman–Crippen LogP) is 4.56. The second-order valence-electron chi connectivity index (χ2n) is 10.1. The normalized spacial score (nSPS) is 20.1. The smallest absolute Gasteiger partial charge is 0.243 e. The van der Waals surface area contributed by atoms with Crippen LogP contribution in [0.3, 0.4) is 0 Å². The Kier molecular flexibility index (Phi) is 6.21. The molecular formula is C27H34N4O3S. The first-order valence-corrected chi connectivity index (χ1v) is 13.9. The summed E-state index contributed by atoms with van der Waals surface area (Å²) in [6.07, 6.45) is 2.94. The third kappa shape index (κ3) is 4.16. The van der Waals surface area contributed by atoms with Crippen molar-refractivity contribution in [2.45, 2.75) is 64.3 Å². The molecule has 1 aromatic heterocycles. The zero-order valence-electron chi connectivity index (χ0n) is 21.0. The number of aromatic amines is 1. The van der Waals surface area contributed by atoms with E-state index in [1.165, 1.54) is 0 Å². The van der Waals surface area contributed by atoms with Crippen LogP contribution in [0.2, 0.25) is 0 Å². The summed E-state index contributed by atoms with van der Waals surface area (Å²) in [7, 11) is -3.61. The number of piperidine rings is 1. The van der Waals surface area contributed by atoms with Crippen molar-refractivity contribution in [2.24, 2.45) is 5.92 Å². The number of hydrogen-bond donors (Lipinski definition) is 1. The van der Waals surface area contributed by atoms with Gasteiger partial charge < -0.3 is 9.88 Å². The monoisotopic (exact) mass is 494 g/mol. The Morgan fingerprint density at radius 1 is 0.971 bits per heavy atom. The van der Waals surface area contributed by atoms with Gasteiger partial charge in [-0.15, -0.1) is 0 Å². The number of aryl methyl sites for hydroxylation is 2. The van der Waals surface area contributed by atoms with Crippen LogP contribution in [-0.2, 0) is 14.8 Å². The Morgan fingerprint density at radius 3 is 2.29 bits per heavy atom. The standard InChI is InChI=1S/C27H34N4O3S/c1-17-16-18(2)20(4)25(19(17)3)35(33,34)30-14-11-21(12-15-30)27(32)31-13-7-10-24(31)26-28-22-8-5-6-9-23(22)29-26/h5-6,8-9,16,21,24H,7,10-15H2,1-4H3,(H,28,29). The van der Waals surface area contributed by atoms with Crippen LogP contribution < -0.4 is 0 Å². The highest BCUT2D eigenvalue weighted by molar-refractivity contribution is 7.89. The van der Waals surface area contributed by atoms with E-state index in [2.05, 4.69) is 4.98 Å². The van der Waals surface area contributed by atoms with Crippen molar-refractivity contribution in [1.29, 1.82) is 0 Å². The van der Waals surface area contributed by atoms with Crippen LogP contribution in [0.1, 0.15) is 59.8 Å². The first-order chi connectivity index (χ1) is 16.7. The van der Waals surface area contributed by atoms with E-state index in [9.17, 15) is 13.2 Å². The third-order valence-electron chi connectivity index (χ3n) is 7.96. The number of nitrogens with one attached hydrogen (secondary N) is 1.